The van der Waals surface area contributed by atoms with Crippen LogP contribution in [0.4, 0.5) is 0 Å². The van der Waals surface area contributed by atoms with Gasteiger partial charge in [-0.2, -0.15) is 0 Å². The molecule has 4 nitrogen and oxygen atoms in total. The van der Waals surface area contributed by atoms with E-state index in [1.807, 2.05) is 0 Å². The highest BCUT2D eigenvalue weighted by atomic mass is 16.6. The molecular formula is C7H18O4. The van der Waals surface area contributed by atoms with E-state index in [1.54, 1.807) is 28.4 Å². The topological polar surface area (TPSA) is 36.9 Å². The maximum atomic E-state index is 4.66. The lowest BCUT2D eigenvalue weighted by Crippen LogP contribution is -1.96. The normalized spacial score (nSPS) is 8.73. The fourth-order valence-electron chi connectivity index (χ4n) is 0.285. The molecule has 0 saturated heterocycles. The molecule has 0 aromatic heterocycles. The molecule has 0 radical (unpaired) electrons. The Hall–Kier alpha value is -0.160. The second kappa shape index (κ2) is 16.4. The minimum absolute atomic E-state index is 0.389. The van der Waals surface area contributed by atoms with Crippen LogP contribution in [0.5, 0.6) is 0 Å². The van der Waals surface area contributed by atoms with Gasteiger partial charge in [-0.3, -0.25) is 0 Å². The molecule has 0 fully saturated rings. The van der Waals surface area contributed by atoms with E-state index < -0.39 is 0 Å². The quantitative estimate of drug-likeness (QED) is 0.440. The highest BCUT2D eigenvalue weighted by Crippen LogP contribution is 1.65. The average Bonchev–Trinajstić information content (AvgIpc) is 2.04. The summed E-state index contributed by atoms with van der Waals surface area (Å²) in [6.45, 7) is 1.77. The molecule has 4 heteroatoms. The summed E-state index contributed by atoms with van der Waals surface area (Å²) in [6, 6.07) is 0. The average molecular weight is 166 g/mol. The van der Waals surface area contributed by atoms with Gasteiger partial charge in [-0.15, -0.1) is 0 Å². The first-order chi connectivity index (χ1) is 5.33. The lowest BCUT2D eigenvalue weighted by atomic mass is 10.8. The van der Waals surface area contributed by atoms with Crippen LogP contribution in [0.15, 0.2) is 0 Å². The molecule has 11 heavy (non-hydrogen) atoms. The minimum Gasteiger partial charge on any atom is -0.382 e. The molecule has 0 N–H and O–H groups in total. The molecule has 0 atom stereocenters. The molecule has 0 unspecified atom stereocenters. The Kier molecular flexibility index (Phi) is 20.1. The number of methoxy groups -OCH3 is 4. The fourth-order valence-corrected chi connectivity index (χ4v) is 0.285. The van der Waals surface area contributed by atoms with Crippen LogP contribution >= 0.6 is 0 Å². The van der Waals surface area contributed by atoms with Crippen LogP contribution in [0.2, 0.25) is 0 Å². The standard InChI is InChI=1S/C4H10O2.C3H8O2/c1-5-3-4-6-2;1-4-3-5-2/h3-4H2,1-2H3;3H2,1-2H3. The van der Waals surface area contributed by atoms with Gasteiger partial charge in [0, 0.05) is 28.4 Å². The Balaban J connectivity index is 0. The Labute approximate surface area is 68.4 Å². The summed E-state index contributed by atoms with van der Waals surface area (Å²) in [7, 11) is 6.48. The van der Waals surface area contributed by atoms with Crippen LogP contribution in [0.3, 0.4) is 0 Å². The van der Waals surface area contributed by atoms with Gasteiger partial charge in [0.25, 0.3) is 0 Å². The van der Waals surface area contributed by atoms with Crippen molar-refractivity contribution in [2.45, 2.75) is 0 Å². The number of hydrogen-bond acceptors (Lipinski definition) is 4. The van der Waals surface area contributed by atoms with E-state index >= 15 is 0 Å². The van der Waals surface area contributed by atoms with Gasteiger partial charge in [0.2, 0.25) is 0 Å². The molecular weight excluding hydrogens is 148 g/mol. The SMILES string of the molecule is COCCOC.COCOC. The van der Waals surface area contributed by atoms with Gasteiger partial charge in [-0.05, 0) is 0 Å². The second-order valence-electron chi connectivity index (χ2n) is 1.68. The van der Waals surface area contributed by atoms with E-state index in [9.17, 15) is 0 Å². The molecule has 70 valence electrons. The van der Waals surface area contributed by atoms with Crippen molar-refractivity contribution in [3.05, 3.63) is 0 Å². The largest absolute Gasteiger partial charge is 0.382 e. The molecule has 0 heterocycles. The zero-order chi connectivity index (χ0) is 8.95. The predicted molar refractivity (Wildman–Crippen MR) is 42.6 cm³/mol. The van der Waals surface area contributed by atoms with Gasteiger partial charge in [0.15, 0.2) is 0 Å². The van der Waals surface area contributed by atoms with Gasteiger partial charge < -0.3 is 18.9 Å². The highest BCUT2D eigenvalue weighted by molar-refractivity contribution is 4.17. The van der Waals surface area contributed by atoms with E-state index in [1.165, 1.54) is 0 Å². The smallest absolute Gasteiger partial charge is 0.145 e. The Morgan fingerprint density at radius 3 is 1.09 bits per heavy atom. The minimum atomic E-state index is 0.389. The Morgan fingerprint density at radius 2 is 1.00 bits per heavy atom. The third kappa shape index (κ3) is 25.8. The molecule has 0 rings (SSSR count). The van der Waals surface area contributed by atoms with Crippen molar-refractivity contribution >= 4 is 0 Å². The Morgan fingerprint density at radius 1 is 0.636 bits per heavy atom. The zero-order valence-corrected chi connectivity index (χ0v) is 7.75. The molecule has 0 aliphatic carbocycles. The monoisotopic (exact) mass is 166 g/mol. The van der Waals surface area contributed by atoms with Crippen LogP contribution < -0.4 is 0 Å². The molecule has 0 amide bonds. The number of rotatable bonds is 5. The summed E-state index contributed by atoms with van der Waals surface area (Å²) >= 11 is 0. The van der Waals surface area contributed by atoms with Crippen molar-refractivity contribution in [1.29, 1.82) is 0 Å². The third-order valence-electron chi connectivity index (χ3n) is 0.727. The molecule has 0 saturated carbocycles. The van der Waals surface area contributed by atoms with Gasteiger partial charge in [-0.1, -0.05) is 0 Å². The van der Waals surface area contributed by atoms with Crippen LogP contribution in [-0.4, -0.2) is 48.4 Å². The summed E-state index contributed by atoms with van der Waals surface area (Å²) in [4.78, 5) is 0. The molecule has 0 aromatic rings. The predicted octanol–water partition coefficient (Wildman–Crippen LogP) is 0.516. The zero-order valence-electron chi connectivity index (χ0n) is 7.75. The van der Waals surface area contributed by atoms with Gasteiger partial charge in [0.1, 0.15) is 6.79 Å². The van der Waals surface area contributed by atoms with Crippen LogP contribution in [-0.2, 0) is 18.9 Å². The summed E-state index contributed by atoms with van der Waals surface area (Å²) in [5.41, 5.74) is 0. The van der Waals surface area contributed by atoms with Crippen molar-refractivity contribution in [3.8, 4) is 0 Å². The highest BCUT2D eigenvalue weighted by Gasteiger charge is 1.73. The summed E-state index contributed by atoms with van der Waals surface area (Å²) in [5.74, 6) is 0. The summed E-state index contributed by atoms with van der Waals surface area (Å²) < 4.78 is 18.3. The molecule has 0 aliphatic heterocycles. The lowest BCUT2D eigenvalue weighted by Gasteiger charge is -1.91. The van der Waals surface area contributed by atoms with Crippen molar-refractivity contribution < 1.29 is 18.9 Å². The first-order valence-electron chi connectivity index (χ1n) is 3.29. The Bertz CT molecular complexity index is 43.7. The van der Waals surface area contributed by atoms with E-state index in [-0.39, 0.29) is 0 Å². The first kappa shape index (κ1) is 13.4. The fraction of sp³-hybridized carbons (Fsp3) is 1.00. The van der Waals surface area contributed by atoms with E-state index in [0.29, 0.717) is 20.0 Å². The van der Waals surface area contributed by atoms with Crippen molar-refractivity contribution in [1.82, 2.24) is 0 Å². The van der Waals surface area contributed by atoms with Crippen LogP contribution in [0.1, 0.15) is 0 Å². The summed E-state index contributed by atoms with van der Waals surface area (Å²) in [5, 5.41) is 0. The van der Waals surface area contributed by atoms with Crippen molar-refractivity contribution in [2.24, 2.45) is 0 Å². The van der Waals surface area contributed by atoms with Crippen molar-refractivity contribution in [3.63, 3.8) is 0 Å². The maximum absolute atomic E-state index is 4.66. The molecule has 0 aliphatic rings. The second-order valence-corrected chi connectivity index (χ2v) is 1.68. The van der Waals surface area contributed by atoms with E-state index in [0.717, 1.165) is 0 Å². The van der Waals surface area contributed by atoms with E-state index in [2.05, 4.69) is 18.9 Å². The summed E-state index contributed by atoms with van der Waals surface area (Å²) in [6.07, 6.45) is 0. The van der Waals surface area contributed by atoms with Crippen molar-refractivity contribution in [2.75, 3.05) is 48.4 Å². The number of hydrogen-bond donors (Lipinski definition) is 0. The molecule has 0 aromatic carbocycles. The van der Waals surface area contributed by atoms with Gasteiger partial charge >= 0.3 is 0 Å². The number of ether oxygens (including phenoxy) is 4. The van der Waals surface area contributed by atoms with Gasteiger partial charge in [-0.25, -0.2) is 0 Å². The molecule has 0 spiro atoms. The van der Waals surface area contributed by atoms with Crippen LogP contribution in [0.25, 0.3) is 0 Å². The molecule has 0 bridgehead atoms. The third-order valence-corrected chi connectivity index (χ3v) is 0.727. The van der Waals surface area contributed by atoms with E-state index in [4.69, 9.17) is 0 Å². The maximum Gasteiger partial charge on any atom is 0.145 e. The first-order valence-corrected chi connectivity index (χ1v) is 3.29. The van der Waals surface area contributed by atoms with Crippen LogP contribution in [0, 0.1) is 0 Å². The lowest BCUT2D eigenvalue weighted by molar-refractivity contribution is -0.00271. The van der Waals surface area contributed by atoms with Gasteiger partial charge in [0.05, 0.1) is 13.2 Å².